The number of hydrogen-bond donors (Lipinski definition) is 1. The van der Waals surface area contributed by atoms with E-state index < -0.39 is 5.97 Å². The van der Waals surface area contributed by atoms with E-state index in [0.29, 0.717) is 32.6 Å². The zero-order valence-electron chi connectivity index (χ0n) is 19.5. The van der Waals surface area contributed by atoms with Crippen molar-refractivity contribution in [1.82, 2.24) is 19.4 Å². The first-order valence-electron chi connectivity index (χ1n) is 11.9. The molecule has 1 saturated heterocycles. The Kier molecular flexibility index (Phi) is 7.72. The predicted octanol–water partition coefficient (Wildman–Crippen LogP) is 3.72. The summed E-state index contributed by atoms with van der Waals surface area (Å²) in [5, 5.41) is 10.1. The minimum Gasteiger partial charge on any atom is -0.481 e. The number of aromatic nitrogens is 2. The van der Waals surface area contributed by atoms with E-state index in [0.717, 1.165) is 48.2 Å². The number of pyridine rings is 1. The smallest absolute Gasteiger partial charge is 0.303 e. The number of benzene rings is 1. The summed E-state index contributed by atoms with van der Waals surface area (Å²) in [6, 6.07) is 10.6. The highest BCUT2D eigenvalue weighted by molar-refractivity contribution is 5.85. The van der Waals surface area contributed by atoms with Crippen LogP contribution in [0.5, 0.6) is 0 Å². The second kappa shape index (κ2) is 10.7. The second-order valence-corrected chi connectivity index (χ2v) is 9.38. The number of carbonyl (C=O) groups excluding carboxylic acids is 1. The van der Waals surface area contributed by atoms with Crippen LogP contribution in [0, 0.1) is 11.7 Å². The lowest BCUT2D eigenvalue weighted by molar-refractivity contribution is -0.138. The van der Waals surface area contributed by atoms with Crippen molar-refractivity contribution in [3.63, 3.8) is 0 Å². The summed E-state index contributed by atoms with van der Waals surface area (Å²) in [7, 11) is 0. The summed E-state index contributed by atoms with van der Waals surface area (Å²) in [4.78, 5) is 32.8. The molecule has 2 aromatic heterocycles. The summed E-state index contributed by atoms with van der Waals surface area (Å²) >= 11 is 0. The Morgan fingerprint density at radius 2 is 2.03 bits per heavy atom. The summed E-state index contributed by atoms with van der Waals surface area (Å²) in [6.45, 7) is 3.94. The van der Waals surface area contributed by atoms with Crippen LogP contribution in [-0.2, 0) is 29.1 Å². The van der Waals surface area contributed by atoms with Crippen LogP contribution < -0.4 is 0 Å². The number of amides is 1. The maximum absolute atomic E-state index is 13.8. The highest BCUT2D eigenvalue weighted by Crippen LogP contribution is 2.31. The molecule has 1 atom stereocenters. The van der Waals surface area contributed by atoms with E-state index in [2.05, 4.69) is 20.5 Å². The molecule has 186 valence electrons. The van der Waals surface area contributed by atoms with E-state index in [9.17, 15) is 14.0 Å². The Morgan fingerprint density at radius 3 is 2.83 bits per heavy atom. The summed E-state index contributed by atoms with van der Waals surface area (Å²) in [5.74, 6) is -0.728. The van der Waals surface area contributed by atoms with E-state index >= 15 is 0 Å². The van der Waals surface area contributed by atoms with E-state index in [-0.39, 0.29) is 36.5 Å². The normalized spacial score (nSPS) is 17.9. The monoisotopic (exact) mass is 500 g/mol. The average Bonchev–Trinajstić information content (AvgIpc) is 3.39. The van der Waals surface area contributed by atoms with Crippen LogP contribution in [0.1, 0.15) is 36.1 Å². The van der Waals surface area contributed by atoms with Gasteiger partial charge in [0.15, 0.2) is 0 Å². The molecule has 3 aromatic rings. The first-order valence-corrected chi connectivity index (χ1v) is 11.9. The Morgan fingerprint density at radius 1 is 1.17 bits per heavy atom. The Bertz CT molecular complexity index is 1230. The Hall–Kier alpha value is -2.97. The summed E-state index contributed by atoms with van der Waals surface area (Å²) < 4.78 is 15.9. The quantitative estimate of drug-likeness (QED) is 0.535. The van der Waals surface area contributed by atoms with Gasteiger partial charge in [0.25, 0.3) is 0 Å². The van der Waals surface area contributed by atoms with Gasteiger partial charge in [-0.2, -0.15) is 0 Å². The van der Waals surface area contributed by atoms with Gasteiger partial charge in [-0.25, -0.2) is 9.37 Å². The molecule has 2 aliphatic rings. The van der Waals surface area contributed by atoms with Crippen molar-refractivity contribution in [3.05, 3.63) is 65.2 Å². The number of halogens is 2. The van der Waals surface area contributed by atoms with Gasteiger partial charge >= 0.3 is 5.97 Å². The molecule has 0 spiro atoms. The van der Waals surface area contributed by atoms with Crippen molar-refractivity contribution < 1.29 is 19.1 Å². The predicted molar refractivity (Wildman–Crippen MR) is 133 cm³/mol. The fourth-order valence-corrected chi connectivity index (χ4v) is 5.40. The van der Waals surface area contributed by atoms with Gasteiger partial charge in [-0.3, -0.25) is 9.59 Å². The van der Waals surface area contributed by atoms with Gasteiger partial charge in [-0.1, -0.05) is 12.1 Å². The number of carboxylic acids is 1. The summed E-state index contributed by atoms with van der Waals surface area (Å²) in [5.41, 5.74) is 4.02. The van der Waals surface area contributed by atoms with Crippen LogP contribution in [0.25, 0.3) is 11.0 Å². The van der Waals surface area contributed by atoms with Crippen LogP contribution in [-0.4, -0.2) is 62.5 Å². The van der Waals surface area contributed by atoms with Crippen molar-refractivity contribution in [2.75, 3.05) is 26.2 Å². The fraction of sp³-hybridized carbons (Fsp3) is 0.423. The third-order valence-electron chi connectivity index (χ3n) is 7.07. The number of likely N-dealkylation sites (tertiary alicyclic amines) is 1. The minimum absolute atomic E-state index is 0. The number of hydrogen-bond acceptors (Lipinski definition) is 4. The highest BCUT2D eigenvalue weighted by Gasteiger charge is 2.29. The molecule has 4 heterocycles. The highest BCUT2D eigenvalue weighted by atomic mass is 35.5. The van der Waals surface area contributed by atoms with Crippen LogP contribution in [0.15, 0.2) is 42.6 Å². The van der Waals surface area contributed by atoms with Gasteiger partial charge in [0, 0.05) is 56.3 Å². The number of aliphatic carboxylic acids is 1. The SMILES string of the molecule is Cl.O=C(O)CC1CCN(CCC(=O)N2CCc3c(n(Cc4cccc(F)c4)c4ncccc34)C2)C1. The van der Waals surface area contributed by atoms with E-state index in [1.165, 1.54) is 11.6 Å². The molecule has 0 radical (unpaired) electrons. The number of fused-ring (bicyclic) bond motifs is 3. The van der Waals surface area contributed by atoms with Gasteiger partial charge in [0.2, 0.25) is 5.91 Å². The van der Waals surface area contributed by atoms with Crippen LogP contribution in [0.3, 0.4) is 0 Å². The van der Waals surface area contributed by atoms with Crippen LogP contribution >= 0.6 is 12.4 Å². The minimum atomic E-state index is -0.754. The number of carboxylic acid groups (broad SMARTS) is 1. The van der Waals surface area contributed by atoms with Crippen molar-refractivity contribution >= 4 is 35.3 Å². The first kappa shape index (κ1) is 25.1. The molecular formula is C26H30ClFN4O3. The van der Waals surface area contributed by atoms with Gasteiger partial charge in [0.05, 0.1) is 6.54 Å². The lowest BCUT2D eigenvalue weighted by atomic mass is 10.0. The van der Waals surface area contributed by atoms with Gasteiger partial charge < -0.3 is 19.5 Å². The molecule has 5 rings (SSSR count). The molecule has 9 heteroatoms. The molecule has 0 saturated carbocycles. The average molecular weight is 501 g/mol. The van der Waals surface area contributed by atoms with Crippen molar-refractivity contribution in [2.45, 2.75) is 38.8 Å². The lowest BCUT2D eigenvalue weighted by Gasteiger charge is -2.29. The molecule has 1 aromatic carbocycles. The lowest BCUT2D eigenvalue weighted by Crippen LogP contribution is -2.38. The Balaban J connectivity index is 0.00000289. The van der Waals surface area contributed by atoms with Gasteiger partial charge in [-0.05, 0) is 60.7 Å². The topological polar surface area (TPSA) is 78.7 Å². The molecule has 1 N–H and O–H groups in total. The number of rotatable bonds is 7. The van der Waals surface area contributed by atoms with Crippen molar-refractivity contribution in [2.24, 2.45) is 5.92 Å². The number of nitrogens with zero attached hydrogens (tertiary/aromatic N) is 4. The van der Waals surface area contributed by atoms with E-state index in [1.807, 2.05) is 17.0 Å². The van der Waals surface area contributed by atoms with E-state index in [1.54, 1.807) is 18.3 Å². The third-order valence-corrected chi connectivity index (χ3v) is 7.07. The van der Waals surface area contributed by atoms with E-state index in [4.69, 9.17) is 5.11 Å². The maximum Gasteiger partial charge on any atom is 0.303 e. The molecule has 7 nitrogen and oxygen atoms in total. The zero-order valence-corrected chi connectivity index (χ0v) is 20.3. The first-order chi connectivity index (χ1) is 16.5. The standard InChI is InChI=1S/C26H29FN4O3.ClH/c27-20-4-1-3-18(13-20)16-31-23-17-30(12-7-21(23)22-5-2-9-28-26(22)31)24(32)8-11-29-10-6-19(15-29)14-25(33)34;/h1-5,9,13,19H,6-8,10-12,14-17H2,(H,33,34);1H. The molecule has 1 fully saturated rings. The number of carbonyl (C=O) groups is 2. The summed E-state index contributed by atoms with van der Waals surface area (Å²) in [6.07, 6.45) is 4.04. The molecular weight excluding hydrogens is 471 g/mol. The molecule has 1 unspecified atom stereocenters. The van der Waals surface area contributed by atoms with Crippen LogP contribution in [0.2, 0.25) is 0 Å². The second-order valence-electron chi connectivity index (χ2n) is 9.38. The molecule has 1 amide bonds. The molecule has 0 aliphatic carbocycles. The fourth-order valence-electron chi connectivity index (χ4n) is 5.40. The van der Waals surface area contributed by atoms with Crippen molar-refractivity contribution in [1.29, 1.82) is 0 Å². The third kappa shape index (κ3) is 5.49. The van der Waals surface area contributed by atoms with Gasteiger partial charge in [0.1, 0.15) is 11.5 Å². The largest absolute Gasteiger partial charge is 0.481 e. The van der Waals surface area contributed by atoms with Crippen molar-refractivity contribution in [3.8, 4) is 0 Å². The molecule has 0 bridgehead atoms. The molecule has 2 aliphatic heterocycles. The van der Waals surface area contributed by atoms with Gasteiger partial charge in [-0.15, -0.1) is 12.4 Å². The molecule has 35 heavy (non-hydrogen) atoms. The van der Waals surface area contributed by atoms with Crippen LogP contribution in [0.4, 0.5) is 4.39 Å². The Labute approximate surface area is 209 Å². The zero-order chi connectivity index (χ0) is 23.7. The maximum atomic E-state index is 13.8.